The average molecular weight is 533 g/mol. The standard InChI is InChI=1S/C18H12ClF3N6O4S2/c1-8-15(34(23,30)31)33-16(25-8)27-17(29)32-12-7-24-28-13(18(20,21)22)6-11(26-14(12)28)9-2-4-10(19)5-3-9/h2-7H,1H3,(H2,23,30,31)(H,25,27,29). The Morgan fingerprint density at radius 2 is 1.91 bits per heavy atom. The number of nitrogens with two attached hydrogens (primary N) is 1. The summed E-state index contributed by atoms with van der Waals surface area (Å²) < 4.78 is 69.4. The van der Waals surface area contributed by atoms with Gasteiger partial charge < -0.3 is 4.74 Å². The first-order chi connectivity index (χ1) is 15.8. The topological polar surface area (TPSA) is 142 Å². The summed E-state index contributed by atoms with van der Waals surface area (Å²) in [5.74, 6) is -0.376. The van der Waals surface area contributed by atoms with Gasteiger partial charge in [-0.15, -0.1) is 0 Å². The number of nitrogens with zero attached hydrogens (tertiary/aromatic N) is 4. The molecule has 1 amide bonds. The van der Waals surface area contributed by atoms with Crippen molar-refractivity contribution in [2.45, 2.75) is 17.3 Å². The van der Waals surface area contributed by atoms with Gasteiger partial charge in [0, 0.05) is 10.6 Å². The molecule has 0 saturated heterocycles. The van der Waals surface area contributed by atoms with Gasteiger partial charge in [-0.2, -0.15) is 18.3 Å². The molecule has 10 nitrogen and oxygen atoms in total. The zero-order valence-corrected chi connectivity index (χ0v) is 19.2. The van der Waals surface area contributed by atoms with Crippen molar-refractivity contribution >= 4 is 49.8 Å². The summed E-state index contributed by atoms with van der Waals surface area (Å²) in [6, 6.07) is 6.75. The Morgan fingerprint density at radius 3 is 2.50 bits per heavy atom. The van der Waals surface area contributed by atoms with E-state index in [1.54, 1.807) is 0 Å². The van der Waals surface area contributed by atoms with Crippen molar-refractivity contribution in [3.8, 4) is 17.0 Å². The number of halogens is 4. The molecule has 0 saturated carbocycles. The molecule has 178 valence electrons. The van der Waals surface area contributed by atoms with E-state index in [1.807, 2.05) is 0 Å². The van der Waals surface area contributed by atoms with Crippen molar-refractivity contribution in [2.75, 3.05) is 5.32 Å². The fourth-order valence-electron chi connectivity index (χ4n) is 2.90. The van der Waals surface area contributed by atoms with E-state index >= 15 is 0 Å². The minimum absolute atomic E-state index is 0.0582. The predicted octanol–water partition coefficient (Wildman–Crippen LogP) is 4.09. The van der Waals surface area contributed by atoms with Crippen molar-refractivity contribution < 1.29 is 31.1 Å². The summed E-state index contributed by atoms with van der Waals surface area (Å²) in [5.41, 5.74) is -1.19. The van der Waals surface area contributed by atoms with Crippen LogP contribution >= 0.6 is 22.9 Å². The van der Waals surface area contributed by atoms with Crippen molar-refractivity contribution in [3.63, 3.8) is 0 Å². The Kier molecular flexibility index (Phi) is 5.97. The average Bonchev–Trinajstić information content (AvgIpc) is 3.30. The van der Waals surface area contributed by atoms with Gasteiger partial charge in [-0.3, -0.25) is 5.32 Å². The second-order valence-corrected chi connectivity index (χ2v) is 9.92. The number of aryl methyl sites for hydroxylation is 1. The fourth-order valence-corrected chi connectivity index (χ4v) is 4.87. The molecule has 34 heavy (non-hydrogen) atoms. The van der Waals surface area contributed by atoms with Crippen LogP contribution in [0.5, 0.6) is 5.75 Å². The van der Waals surface area contributed by atoms with E-state index in [0.29, 0.717) is 26.4 Å². The molecule has 0 fully saturated rings. The van der Waals surface area contributed by atoms with Gasteiger partial charge in [-0.1, -0.05) is 35.1 Å². The van der Waals surface area contributed by atoms with Crippen molar-refractivity contribution in [1.82, 2.24) is 19.6 Å². The Hall–Kier alpha value is -3.27. The number of rotatable bonds is 4. The number of amides is 1. The van der Waals surface area contributed by atoms with Gasteiger partial charge in [0.15, 0.2) is 26.4 Å². The molecule has 0 aliphatic heterocycles. The number of anilines is 1. The largest absolute Gasteiger partial charge is 0.433 e. The van der Waals surface area contributed by atoms with Gasteiger partial charge in [0.25, 0.3) is 0 Å². The number of sulfonamides is 1. The van der Waals surface area contributed by atoms with Crippen LogP contribution in [0.1, 0.15) is 11.4 Å². The fraction of sp³-hybridized carbons (Fsp3) is 0.111. The second kappa shape index (κ2) is 8.50. The smallest absolute Gasteiger partial charge is 0.404 e. The van der Waals surface area contributed by atoms with E-state index < -0.39 is 28.0 Å². The highest BCUT2D eigenvalue weighted by molar-refractivity contribution is 7.91. The summed E-state index contributed by atoms with van der Waals surface area (Å²) in [6.07, 6.45) is -5.06. The van der Waals surface area contributed by atoms with Crippen LogP contribution in [-0.4, -0.2) is 34.1 Å². The van der Waals surface area contributed by atoms with Crippen LogP contribution in [0.3, 0.4) is 0 Å². The van der Waals surface area contributed by atoms with E-state index in [9.17, 15) is 26.4 Å². The third-order valence-corrected chi connectivity index (χ3v) is 7.17. The Balaban J connectivity index is 1.70. The zero-order valence-electron chi connectivity index (χ0n) is 16.8. The third kappa shape index (κ3) is 4.82. The van der Waals surface area contributed by atoms with Crippen LogP contribution in [0.15, 0.2) is 40.7 Å². The lowest BCUT2D eigenvalue weighted by Gasteiger charge is -2.11. The molecule has 3 N–H and O–H groups in total. The molecule has 3 aromatic heterocycles. The van der Waals surface area contributed by atoms with Crippen LogP contribution in [0.4, 0.5) is 23.1 Å². The number of nitrogens with one attached hydrogen (secondary N) is 1. The molecular weight excluding hydrogens is 521 g/mol. The number of fused-ring (bicyclic) bond motifs is 1. The minimum Gasteiger partial charge on any atom is -0.404 e. The number of alkyl halides is 3. The van der Waals surface area contributed by atoms with Crippen molar-refractivity contribution in [3.05, 3.63) is 52.9 Å². The molecule has 0 aliphatic carbocycles. The molecule has 0 atom stereocenters. The lowest BCUT2D eigenvalue weighted by molar-refractivity contribution is -0.142. The quantitative estimate of drug-likeness (QED) is 0.403. The molecular formula is C18H12ClF3N6O4S2. The lowest BCUT2D eigenvalue weighted by Crippen LogP contribution is -2.17. The maximum Gasteiger partial charge on any atom is 0.433 e. The molecule has 0 radical (unpaired) electrons. The number of aromatic nitrogens is 4. The summed E-state index contributed by atoms with van der Waals surface area (Å²) >= 11 is 6.43. The van der Waals surface area contributed by atoms with Gasteiger partial charge >= 0.3 is 12.3 Å². The van der Waals surface area contributed by atoms with Gasteiger partial charge in [-0.25, -0.2) is 32.8 Å². The predicted molar refractivity (Wildman–Crippen MR) is 116 cm³/mol. The molecule has 16 heteroatoms. The van der Waals surface area contributed by atoms with Gasteiger partial charge in [-0.05, 0) is 25.1 Å². The minimum atomic E-state index is -4.80. The summed E-state index contributed by atoms with van der Waals surface area (Å²) in [5, 5.41) is 11.2. The number of primary sulfonamides is 1. The second-order valence-electron chi connectivity index (χ2n) is 6.73. The summed E-state index contributed by atoms with van der Waals surface area (Å²) in [7, 11) is -4.05. The molecule has 0 spiro atoms. The SMILES string of the molecule is Cc1nc(NC(=O)Oc2cnn3c(C(F)(F)F)cc(-c4ccc(Cl)cc4)nc23)sc1S(N)(=O)=O. The molecule has 0 bridgehead atoms. The number of carbonyl (C=O) groups excluding carboxylic acids is 1. The lowest BCUT2D eigenvalue weighted by atomic mass is 10.1. The van der Waals surface area contributed by atoms with E-state index in [0.717, 1.165) is 12.3 Å². The highest BCUT2D eigenvalue weighted by atomic mass is 35.5. The van der Waals surface area contributed by atoms with Crippen LogP contribution in [0, 0.1) is 6.92 Å². The number of thiazole rings is 1. The van der Waals surface area contributed by atoms with Crippen LogP contribution < -0.4 is 15.2 Å². The van der Waals surface area contributed by atoms with Crippen molar-refractivity contribution in [2.24, 2.45) is 5.14 Å². The molecule has 4 rings (SSSR count). The maximum absolute atomic E-state index is 13.7. The summed E-state index contributed by atoms with van der Waals surface area (Å²) in [6.45, 7) is 1.37. The normalized spacial score (nSPS) is 12.2. The molecule has 4 aromatic rings. The first-order valence-electron chi connectivity index (χ1n) is 9.04. The molecule has 1 aromatic carbocycles. The number of hydrogen-bond acceptors (Lipinski definition) is 8. The molecule has 3 heterocycles. The van der Waals surface area contributed by atoms with E-state index in [2.05, 4.69) is 20.4 Å². The zero-order chi connectivity index (χ0) is 24.8. The Labute approximate surface area is 198 Å². The highest BCUT2D eigenvalue weighted by Gasteiger charge is 2.36. The van der Waals surface area contributed by atoms with Gasteiger partial charge in [0.1, 0.15) is 0 Å². The highest BCUT2D eigenvalue weighted by Crippen LogP contribution is 2.34. The third-order valence-electron chi connectivity index (χ3n) is 4.29. The van der Waals surface area contributed by atoms with E-state index in [1.165, 1.54) is 31.2 Å². The summed E-state index contributed by atoms with van der Waals surface area (Å²) in [4.78, 5) is 20.3. The monoisotopic (exact) mass is 532 g/mol. The van der Waals surface area contributed by atoms with Crippen molar-refractivity contribution in [1.29, 1.82) is 0 Å². The Morgan fingerprint density at radius 1 is 1.24 bits per heavy atom. The maximum atomic E-state index is 13.7. The first-order valence-corrected chi connectivity index (χ1v) is 11.8. The van der Waals surface area contributed by atoms with E-state index in [4.69, 9.17) is 21.5 Å². The number of ether oxygens (including phenoxy) is 1. The van der Waals surface area contributed by atoms with Crippen LogP contribution in [0.2, 0.25) is 5.02 Å². The number of hydrogen-bond donors (Lipinski definition) is 2. The van der Waals surface area contributed by atoms with Gasteiger partial charge in [0.05, 0.1) is 17.6 Å². The number of carbonyl (C=O) groups is 1. The Bertz CT molecular complexity index is 1520. The molecule has 0 aliphatic rings. The number of benzene rings is 1. The first kappa shape index (κ1) is 23.9. The van der Waals surface area contributed by atoms with Gasteiger partial charge in [0.2, 0.25) is 10.0 Å². The van der Waals surface area contributed by atoms with Crippen LogP contribution in [-0.2, 0) is 16.2 Å². The van der Waals surface area contributed by atoms with Crippen LogP contribution in [0.25, 0.3) is 16.9 Å². The van der Waals surface area contributed by atoms with E-state index in [-0.39, 0.29) is 32.1 Å². The molecule has 0 unspecified atom stereocenters.